The first-order valence-electron chi connectivity index (χ1n) is 6.95. The number of nitrogens with zero attached hydrogens (tertiary/aromatic N) is 2. The lowest BCUT2D eigenvalue weighted by atomic mass is 10.2. The number of carbonyl (C=O) groups is 1. The van der Waals surface area contributed by atoms with Crippen LogP contribution in [0.5, 0.6) is 0 Å². The largest absolute Gasteiger partial charge is 0.343 e. The average Bonchev–Trinajstić information content (AvgIpc) is 2.82. The lowest BCUT2D eigenvalue weighted by Crippen LogP contribution is -2.31. The van der Waals surface area contributed by atoms with Crippen molar-refractivity contribution in [3.8, 4) is 10.6 Å². The van der Waals surface area contributed by atoms with Gasteiger partial charge in [0.1, 0.15) is 5.01 Å². The number of carbonyl (C=O) groups excluding carboxylic acids is 1. The van der Waals surface area contributed by atoms with Crippen LogP contribution in [0.1, 0.15) is 24.4 Å². The van der Waals surface area contributed by atoms with Crippen molar-refractivity contribution in [2.24, 2.45) is 0 Å². The molecule has 20 heavy (non-hydrogen) atoms. The Morgan fingerprint density at radius 1 is 1.20 bits per heavy atom. The van der Waals surface area contributed by atoms with Gasteiger partial charge in [-0.1, -0.05) is 30.3 Å². The summed E-state index contributed by atoms with van der Waals surface area (Å²) in [5, 5.41) is 0.991. The smallest absolute Gasteiger partial charge is 0.227 e. The lowest BCUT2D eigenvalue weighted by molar-refractivity contribution is -0.130. The van der Waals surface area contributed by atoms with Gasteiger partial charge in [-0.3, -0.25) is 4.79 Å². The number of rotatable bonds is 5. The Morgan fingerprint density at radius 2 is 1.85 bits per heavy atom. The second-order valence-corrected chi connectivity index (χ2v) is 5.72. The monoisotopic (exact) mass is 288 g/mol. The van der Waals surface area contributed by atoms with Gasteiger partial charge in [0.05, 0.1) is 12.1 Å². The predicted molar refractivity (Wildman–Crippen MR) is 83.9 cm³/mol. The Hall–Kier alpha value is -1.68. The predicted octanol–water partition coefficient (Wildman–Crippen LogP) is 3.53. The maximum Gasteiger partial charge on any atom is 0.227 e. The third-order valence-electron chi connectivity index (χ3n) is 3.34. The zero-order chi connectivity index (χ0) is 14.5. The van der Waals surface area contributed by atoms with Crippen LogP contribution in [0.3, 0.4) is 0 Å². The molecule has 0 aliphatic rings. The van der Waals surface area contributed by atoms with Crippen molar-refractivity contribution < 1.29 is 4.79 Å². The Kier molecular flexibility index (Phi) is 4.90. The van der Waals surface area contributed by atoms with Gasteiger partial charge in [0, 0.05) is 23.5 Å². The normalized spacial score (nSPS) is 10.6. The highest BCUT2D eigenvalue weighted by molar-refractivity contribution is 7.15. The van der Waals surface area contributed by atoms with Gasteiger partial charge >= 0.3 is 0 Å². The molecule has 0 unspecified atom stereocenters. The fraction of sp³-hybridized carbons (Fsp3) is 0.375. The molecule has 0 saturated heterocycles. The molecule has 2 rings (SSSR count). The second-order valence-electron chi connectivity index (χ2n) is 4.64. The number of aryl methyl sites for hydroxylation is 1. The molecule has 2 aromatic rings. The van der Waals surface area contributed by atoms with E-state index in [-0.39, 0.29) is 5.91 Å². The van der Waals surface area contributed by atoms with E-state index in [0.29, 0.717) is 6.42 Å². The summed E-state index contributed by atoms with van der Waals surface area (Å²) in [6, 6.07) is 10.1. The van der Waals surface area contributed by atoms with Crippen molar-refractivity contribution in [2.45, 2.75) is 27.2 Å². The zero-order valence-corrected chi connectivity index (χ0v) is 13.0. The van der Waals surface area contributed by atoms with E-state index in [9.17, 15) is 4.79 Å². The maximum atomic E-state index is 12.2. The van der Waals surface area contributed by atoms with Crippen molar-refractivity contribution >= 4 is 17.2 Å². The van der Waals surface area contributed by atoms with Crippen LogP contribution in [-0.4, -0.2) is 28.9 Å². The molecular weight excluding hydrogens is 268 g/mol. The summed E-state index contributed by atoms with van der Waals surface area (Å²) in [4.78, 5) is 19.7. The fourth-order valence-electron chi connectivity index (χ4n) is 2.12. The molecule has 0 bridgehead atoms. The third-order valence-corrected chi connectivity index (χ3v) is 4.55. The highest BCUT2D eigenvalue weighted by Crippen LogP contribution is 2.28. The molecule has 3 nitrogen and oxygen atoms in total. The summed E-state index contributed by atoms with van der Waals surface area (Å²) < 4.78 is 0. The molecule has 1 aromatic carbocycles. The Labute approximate surface area is 124 Å². The van der Waals surface area contributed by atoms with Gasteiger partial charge in [0.25, 0.3) is 0 Å². The maximum absolute atomic E-state index is 12.2. The average molecular weight is 288 g/mol. The van der Waals surface area contributed by atoms with E-state index in [2.05, 4.69) is 4.98 Å². The van der Waals surface area contributed by atoms with Gasteiger partial charge in [0.2, 0.25) is 5.91 Å². The second kappa shape index (κ2) is 6.66. The molecule has 0 atom stereocenters. The van der Waals surface area contributed by atoms with Crippen molar-refractivity contribution in [1.82, 2.24) is 9.88 Å². The molecule has 106 valence electrons. The van der Waals surface area contributed by atoms with Crippen LogP contribution in [0.2, 0.25) is 0 Å². The Bertz CT molecular complexity index is 573. The lowest BCUT2D eigenvalue weighted by Gasteiger charge is -2.18. The Balaban J connectivity index is 2.18. The van der Waals surface area contributed by atoms with Gasteiger partial charge in [0.15, 0.2) is 0 Å². The SMILES string of the molecule is CCN(CC)C(=O)Cc1sc(-c2ccccc2)nc1C. The Morgan fingerprint density at radius 3 is 2.45 bits per heavy atom. The summed E-state index contributed by atoms with van der Waals surface area (Å²) in [7, 11) is 0. The number of hydrogen-bond donors (Lipinski definition) is 0. The van der Waals surface area contributed by atoms with E-state index < -0.39 is 0 Å². The molecule has 0 aliphatic carbocycles. The van der Waals surface area contributed by atoms with Crippen LogP contribution in [0.4, 0.5) is 0 Å². The number of aromatic nitrogens is 1. The highest BCUT2D eigenvalue weighted by Gasteiger charge is 2.15. The number of thiazole rings is 1. The first-order chi connectivity index (χ1) is 9.65. The van der Waals surface area contributed by atoms with E-state index in [0.717, 1.165) is 34.2 Å². The van der Waals surface area contributed by atoms with Gasteiger partial charge in [-0.25, -0.2) is 4.98 Å². The number of amides is 1. The van der Waals surface area contributed by atoms with Gasteiger partial charge in [-0.15, -0.1) is 11.3 Å². The third kappa shape index (κ3) is 3.25. The molecule has 1 amide bonds. The first-order valence-corrected chi connectivity index (χ1v) is 7.76. The van der Waals surface area contributed by atoms with Crippen LogP contribution >= 0.6 is 11.3 Å². The van der Waals surface area contributed by atoms with Crippen molar-refractivity contribution in [3.05, 3.63) is 40.9 Å². The van der Waals surface area contributed by atoms with E-state index in [1.165, 1.54) is 0 Å². The summed E-state index contributed by atoms with van der Waals surface area (Å²) in [5.74, 6) is 0.182. The number of hydrogen-bond acceptors (Lipinski definition) is 3. The minimum Gasteiger partial charge on any atom is -0.343 e. The van der Waals surface area contributed by atoms with E-state index in [1.54, 1.807) is 11.3 Å². The molecular formula is C16H20N2OS. The molecule has 0 spiro atoms. The van der Waals surface area contributed by atoms with Crippen LogP contribution in [0.15, 0.2) is 30.3 Å². The van der Waals surface area contributed by atoms with Gasteiger partial charge in [-0.2, -0.15) is 0 Å². The molecule has 0 aliphatic heterocycles. The van der Waals surface area contributed by atoms with Crippen LogP contribution in [-0.2, 0) is 11.2 Å². The quantitative estimate of drug-likeness (QED) is 0.843. The standard InChI is InChI=1S/C16H20N2OS/c1-4-18(5-2)15(19)11-14-12(3)17-16(20-14)13-9-7-6-8-10-13/h6-10H,4-5,11H2,1-3H3. The molecule has 0 fully saturated rings. The van der Waals surface area contributed by atoms with E-state index in [1.807, 2.05) is 56.0 Å². The van der Waals surface area contributed by atoms with Crippen molar-refractivity contribution in [3.63, 3.8) is 0 Å². The van der Waals surface area contributed by atoms with E-state index >= 15 is 0 Å². The van der Waals surface area contributed by atoms with Crippen LogP contribution in [0.25, 0.3) is 10.6 Å². The molecule has 4 heteroatoms. The minimum absolute atomic E-state index is 0.182. The highest BCUT2D eigenvalue weighted by atomic mass is 32.1. The number of benzene rings is 1. The minimum atomic E-state index is 0.182. The van der Waals surface area contributed by atoms with Crippen LogP contribution < -0.4 is 0 Å². The molecule has 1 aromatic heterocycles. The van der Waals surface area contributed by atoms with E-state index in [4.69, 9.17) is 0 Å². The summed E-state index contributed by atoms with van der Waals surface area (Å²) in [6.07, 6.45) is 0.456. The topological polar surface area (TPSA) is 33.2 Å². The van der Waals surface area contributed by atoms with Gasteiger partial charge in [-0.05, 0) is 20.8 Å². The summed E-state index contributed by atoms with van der Waals surface area (Å²) >= 11 is 1.62. The summed E-state index contributed by atoms with van der Waals surface area (Å²) in [5.41, 5.74) is 2.08. The molecule has 0 N–H and O–H groups in total. The zero-order valence-electron chi connectivity index (χ0n) is 12.2. The van der Waals surface area contributed by atoms with Crippen molar-refractivity contribution in [1.29, 1.82) is 0 Å². The summed E-state index contributed by atoms with van der Waals surface area (Å²) in [6.45, 7) is 7.53. The first kappa shape index (κ1) is 14.7. The van der Waals surface area contributed by atoms with Crippen LogP contribution in [0, 0.1) is 6.92 Å². The molecule has 1 heterocycles. The van der Waals surface area contributed by atoms with Crippen molar-refractivity contribution in [2.75, 3.05) is 13.1 Å². The van der Waals surface area contributed by atoms with Gasteiger partial charge < -0.3 is 4.90 Å². The fourth-order valence-corrected chi connectivity index (χ4v) is 3.18. The molecule has 0 radical (unpaired) electrons. The molecule has 0 saturated carbocycles. The number of likely N-dealkylation sites (N-methyl/N-ethyl adjacent to an activating group) is 1.